The highest BCUT2D eigenvalue weighted by atomic mass is 16.2. The number of hydrogen-bond acceptors (Lipinski definition) is 3. The monoisotopic (exact) mass is 325 g/mol. The zero-order valence-electron chi connectivity index (χ0n) is 13.8. The third-order valence-electron chi connectivity index (χ3n) is 3.31. The quantitative estimate of drug-likeness (QED) is 0.758. The molecular formula is C18H19N3O3. The predicted octanol–water partition coefficient (Wildman–Crippen LogP) is 2.84. The van der Waals surface area contributed by atoms with Gasteiger partial charge in [-0.1, -0.05) is 12.1 Å². The maximum atomic E-state index is 12.0. The molecular weight excluding hydrogens is 306 g/mol. The molecule has 0 unspecified atom stereocenters. The normalized spacial score (nSPS) is 9.96. The molecule has 0 fully saturated rings. The van der Waals surface area contributed by atoms with E-state index in [0.717, 1.165) is 11.1 Å². The summed E-state index contributed by atoms with van der Waals surface area (Å²) in [5.41, 5.74) is 3.55. The van der Waals surface area contributed by atoms with Crippen LogP contribution in [0.2, 0.25) is 0 Å². The third kappa shape index (κ3) is 4.67. The second-order valence-corrected chi connectivity index (χ2v) is 5.49. The summed E-state index contributed by atoms with van der Waals surface area (Å²) in [5, 5.41) is 7.73. The molecule has 0 heterocycles. The van der Waals surface area contributed by atoms with Crippen molar-refractivity contribution < 1.29 is 14.4 Å². The van der Waals surface area contributed by atoms with Gasteiger partial charge in [-0.25, -0.2) is 0 Å². The number of anilines is 3. The van der Waals surface area contributed by atoms with Crippen LogP contribution in [0.3, 0.4) is 0 Å². The SMILES string of the molecule is CC(=O)Nc1ccc(NC(=O)C(=O)Nc2cc(C)ccc2C)cc1. The average molecular weight is 325 g/mol. The summed E-state index contributed by atoms with van der Waals surface area (Å²) in [6.07, 6.45) is 0. The Hall–Kier alpha value is -3.15. The third-order valence-corrected chi connectivity index (χ3v) is 3.31. The Morgan fingerprint density at radius 2 is 1.29 bits per heavy atom. The van der Waals surface area contributed by atoms with Crippen LogP contribution >= 0.6 is 0 Å². The van der Waals surface area contributed by atoms with Gasteiger partial charge in [-0.3, -0.25) is 14.4 Å². The number of carbonyl (C=O) groups is 3. The Kier molecular flexibility index (Phi) is 5.31. The molecule has 0 spiro atoms. The first-order valence-electron chi connectivity index (χ1n) is 7.42. The number of benzene rings is 2. The first kappa shape index (κ1) is 17.2. The molecule has 6 nitrogen and oxygen atoms in total. The number of amides is 3. The summed E-state index contributed by atoms with van der Waals surface area (Å²) in [5.74, 6) is -1.68. The van der Waals surface area contributed by atoms with Gasteiger partial charge in [-0.2, -0.15) is 0 Å². The lowest BCUT2D eigenvalue weighted by atomic mass is 10.1. The van der Waals surface area contributed by atoms with Gasteiger partial charge < -0.3 is 16.0 Å². The molecule has 3 amide bonds. The van der Waals surface area contributed by atoms with Crippen LogP contribution in [0.15, 0.2) is 42.5 Å². The number of carbonyl (C=O) groups excluding carboxylic acids is 3. The molecule has 0 atom stereocenters. The highest BCUT2D eigenvalue weighted by Crippen LogP contribution is 2.17. The van der Waals surface area contributed by atoms with E-state index < -0.39 is 11.8 Å². The molecule has 0 aliphatic carbocycles. The van der Waals surface area contributed by atoms with Gasteiger partial charge in [0.2, 0.25) is 5.91 Å². The van der Waals surface area contributed by atoms with Crippen LogP contribution in [0, 0.1) is 13.8 Å². The minimum atomic E-state index is -0.761. The molecule has 0 saturated carbocycles. The second kappa shape index (κ2) is 7.41. The van der Waals surface area contributed by atoms with E-state index in [1.807, 2.05) is 32.0 Å². The van der Waals surface area contributed by atoms with Crippen LogP contribution in [0.1, 0.15) is 18.1 Å². The molecule has 2 rings (SSSR count). The van der Waals surface area contributed by atoms with Crippen molar-refractivity contribution in [1.82, 2.24) is 0 Å². The van der Waals surface area contributed by atoms with Gasteiger partial charge in [0.05, 0.1) is 0 Å². The van der Waals surface area contributed by atoms with Crippen LogP contribution in [0.25, 0.3) is 0 Å². The Bertz CT molecular complexity index is 783. The summed E-state index contributed by atoms with van der Waals surface area (Å²) >= 11 is 0. The smallest absolute Gasteiger partial charge is 0.314 e. The van der Waals surface area contributed by atoms with Crippen LogP contribution in [0.4, 0.5) is 17.1 Å². The van der Waals surface area contributed by atoms with Gasteiger partial charge in [0.25, 0.3) is 0 Å². The number of nitrogens with one attached hydrogen (secondary N) is 3. The van der Waals surface area contributed by atoms with Gasteiger partial charge >= 0.3 is 11.8 Å². The summed E-state index contributed by atoms with van der Waals surface area (Å²) in [7, 11) is 0. The minimum absolute atomic E-state index is 0.181. The predicted molar refractivity (Wildman–Crippen MR) is 93.9 cm³/mol. The van der Waals surface area contributed by atoms with Crippen molar-refractivity contribution in [1.29, 1.82) is 0 Å². The summed E-state index contributed by atoms with van der Waals surface area (Å²) < 4.78 is 0. The highest BCUT2D eigenvalue weighted by Gasteiger charge is 2.15. The molecule has 2 aromatic rings. The van der Waals surface area contributed by atoms with Gasteiger partial charge in [0.1, 0.15) is 0 Å². The van der Waals surface area contributed by atoms with E-state index in [1.165, 1.54) is 6.92 Å². The van der Waals surface area contributed by atoms with Crippen LogP contribution in [-0.4, -0.2) is 17.7 Å². The number of hydrogen-bond donors (Lipinski definition) is 3. The van der Waals surface area contributed by atoms with Crippen molar-refractivity contribution in [2.24, 2.45) is 0 Å². The molecule has 0 aliphatic heterocycles. The van der Waals surface area contributed by atoms with Crippen molar-refractivity contribution in [2.75, 3.05) is 16.0 Å². The lowest BCUT2D eigenvalue weighted by Gasteiger charge is -2.10. The fourth-order valence-electron chi connectivity index (χ4n) is 2.08. The molecule has 124 valence electrons. The standard InChI is InChI=1S/C18H19N3O3/c1-11-4-5-12(2)16(10-11)21-18(24)17(23)20-15-8-6-14(7-9-15)19-13(3)22/h4-10H,1-3H3,(H,19,22)(H,20,23)(H,21,24). The zero-order chi connectivity index (χ0) is 17.7. The Morgan fingerprint density at radius 1 is 0.750 bits per heavy atom. The maximum Gasteiger partial charge on any atom is 0.314 e. The Morgan fingerprint density at radius 3 is 1.88 bits per heavy atom. The number of aryl methyl sites for hydroxylation is 2. The van der Waals surface area contributed by atoms with Crippen LogP contribution < -0.4 is 16.0 Å². The van der Waals surface area contributed by atoms with Crippen molar-refractivity contribution in [2.45, 2.75) is 20.8 Å². The van der Waals surface area contributed by atoms with Crippen molar-refractivity contribution in [3.8, 4) is 0 Å². The molecule has 24 heavy (non-hydrogen) atoms. The van der Waals surface area contributed by atoms with Crippen molar-refractivity contribution >= 4 is 34.8 Å². The van der Waals surface area contributed by atoms with Gasteiger partial charge in [0.15, 0.2) is 0 Å². The molecule has 6 heteroatoms. The van der Waals surface area contributed by atoms with Crippen molar-refractivity contribution in [3.05, 3.63) is 53.6 Å². The van der Waals surface area contributed by atoms with E-state index in [2.05, 4.69) is 16.0 Å². The lowest BCUT2D eigenvalue weighted by Crippen LogP contribution is -2.29. The van der Waals surface area contributed by atoms with Crippen LogP contribution in [0.5, 0.6) is 0 Å². The molecule has 0 radical (unpaired) electrons. The first-order valence-corrected chi connectivity index (χ1v) is 7.42. The van der Waals surface area contributed by atoms with E-state index in [4.69, 9.17) is 0 Å². The zero-order valence-corrected chi connectivity index (χ0v) is 13.8. The van der Waals surface area contributed by atoms with E-state index in [1.54, 1.807) is 24.3 Å². The average Bonchev–Trinajstić information content (AvgIpc) is 2.52. The summed E-state index contributed by atoms with van der Waals surface area (Å²) in [6, 6.07) is 12.1. The highest BCUT2D eigenvalue weighted by molar-refractivity contribution is 6.43. The van der Waals surface area contributed by atoms with E-state index in [0.29, 0.717) is 17.1 Å². The minimum Gasteiger partial charge on any atom is -0.326 e. The fraction of sp³-hybridized carbons (Fsp3) is 0.167. The fourth-order valence-corrected chi connectivity index (χ4v) is 2.08. The van der Waals surface area contributed by atoms with Gasteiger partial charge in [0, 0.05) is 24.0 Å². The van der Waals surface area contributed by atoms with Gasteiger partial charge in [-0.05, 0) is 55.3 Å². The second-order valence-electron chi connectivity index (χ2n) is 5.49. The maximum absolute atomic E-state index is 12.0. The van der Waals surface area contributed by atoms with E-state index >= 15 is 0 Å². The molecule has 2 aromatic carbocycles. The summed E-state index contributed by atoms with van der Waals surface area (Å²) in [4.78, 5) is 35.0. The van der Waals surface area contributed by atoms with Crippen LogP contribution in [-0.2, 0) is 14.4 Å². The Balaban J connectivity index is 1.99. The van der Waals surface area contributed by atoms with E-state index in [9.17, 15) is 14.4 Å². The largest absolute Gasteiger partial charge is 0.326 e. The van der Waals surface area contributed by atoms with Gasteiger partial charge in [-0.15, -0.1) is 0 Å². The number of rotatable bonds is 3. The molecule has 0 bridgehead atoms. The molecule has 3 N–H and O–H groups in total. The van der Waals surface area contributed by atoms with E-state index in [-0.39, 0.29) is 5.91 Å². The first-order chi connectivity index (χ1) is 11.3. The molecule has 0 aromatic heterocycles. The summed E-state index contributed by atoms with van der Waals surface area (Å²) in [6.45, 7) is 5.17. The molecule has 0 saturated heterocycles. The topological polar surface area (TPSA) is 87.3 Å². The van der Waals surface area contributed by atoms with Crippen molar-refractivity contribution in [3.63, 3.8) is 0 Å². The molecule has 0 aliphatic rings. The Labute approximate surface area is 140 Å². The lowest BCUT2D eigenvalue weighted by molar-refractivity contribution is -0.133.